The lowest BCUT2D eigenvalue weighted by Gasteiger charge is -2.60. The number of carbonyl (C=O) groups is 2. The summed E-state index contributed by atoms with van der Waals surface area (Å²) in [4.78, 5) is 28.2. The molecule has 4 fully saturated rings. The van der Waals surface area contributed by atoms with Crippen LogP contribution in [0.4, 0.5) is 0 Å². The molecule has 4 saturated carbocycles. The Bertz CT molecular complexity index is 1710. The third-order valence-electron chi connectivity index (χ3n) is 11.3. The van der Waals surface area contributed by atoms with E-state index in [2.05, 4.69) is 54.6 Å². The molecule has 6 bridgehead atoms. The van der Waals surface area contributed by atoms with Crippen LogP contribution in [0, 0.1) is 23.2 Å². The third-order valence-corrected chi connectivity index (χ3v) is 11.3. The minimum absolute atomic E-state index is 0.0237. The van der Waals surface area contributed by atoms with Crippen LogP contribution in [-0.2, 0) is 14.3 Å². The Morgan fingerprint density at radius 2 is 1.29 bits per heavy atom. The van der Waals surface area contributed by atoms with Crippen molar-refractivity contribution in [1.82, 2.24) is 0 Å². The summed E-state index contributed by atoms with van der Waals surface area (Å²) in [5.74, 6) is 1.21. The van der Waals surface area contributed by atoms with Crippen LogP contribution in [0.25, 0.3) is 10.8 Å². The minimum atomic E-state index is -0.583. The van der Waals surface area contributed by atoms with Gasteiger partial charge in [0.15, 0.2) is 0 Å². The lowest BCUT2D eigenvalue weighted by atomic mass is 9.48. The Kier molecular flexibility index (Phi) is 5.16. The number of ether oxygens (including phenoxy) is 2. The van der Waals surface area contributed by atoms with Gasteiger partial charge in [0.2, 0.25) is 0 Å². The second kappa shape index (κ2) is 8.80. The van der Waals surface area contributed by atoms with Crippen LogP contribution in [-0.4, -0.2) is 17.5 Å². The van der Waals surface area contributed by atoms with Gasteiger partial charge in [-0.3, -0.25) is 9.59 Å². The zero-order valence-electron chi connectivity index (χ0n) is 23.6. The first-order valence-corrected chi connectivity index (χ1v) is 15.6. The van der Waals surface area contributed by atoms with E-state index >= 15 is 0 Å². The molecule has 0 spiro atoms. The molecule has 0 saturated heterocycles. The van der Waals surface area contributed by atoms with Gasteiger partial charge < -0.3 is 9.47 Å². The zero-order chi connectivity index (χ0) is 28.1. The molecule has 0 N–H and O–H groups in total. The third kappa shape index (κ3) is 3.60. The number of hydrogen-bond donors (Lipinski definition) is 0. The Morgan fingerprint density at radius 1 is 0.667 bits per heavy atom. The summed E-state index contributed by atoms with van der Waals surface area (Å²) >= 11 is 0. The molecule has 11 rings (SSSR count). The molecule has 0 heterocycles. The number of benzene rings is 4. The van der Waals surface area contributed by atoms with E-state index in [-0.39, 0.29) is 29.7 Å². The Hall–Kier alpha value is -3.92. The molecule has 7 aliphatic carbocycles. The van der Waals surface area contributed by atoms with Crippen molar-refractivity contribution in [2.45, 2.75) is 62.4 Å². The summed E-state index contributed by atoms with van der Waals surface area (Å²) in [6.07, 6.45) is 5.91. The standard InChI is InChI=1S/C38H34O4/c39-35(33-17-32-28-9-3-5-11-30(28)34(33)31-12-6-4-10-29(31)32)42-38-20-23-15-24(21-38)19-37(18-23,22-38)36(40)41-27-14-13-25-7-1-2-8-26(25)16-27/h1-14,16,23-24,32-34H,15,17-22H2. The number of carbonyl (C=O) groups excluding carboxylic acids is 2. The lowest BCUT2D eigenvalue weighted by Crippen LogP contribution is -2.60. The number of rotatable bonds is 4. The largest absolute Gasteiger partial charge is 0.459 e. The van der Waals surface area contributed by atoms with Crippen LogP contribution in [0.3, 0.4) is 0 Å². The van der Waals surface area contributed by atoms with Crippen molar-refractivity contribution in [3.05, 3.63) is 113 Å². The summed E-state index contributed by atoms with van der Waals surface area (Å²) in [7, 11) is 0. The highest BCUT2D eigenvalue weighted by atomic mass is 16.6. The summed E-state index contributed by atoms with van der Waals surface area (Å²) in [5, 5.41) is 2.18. The lowest BCUT2D eigenvalue weighted by molar-refractivity contribution is -0.212. The number of esters is 2. The van der Waals surface area contributed by atoms with E-state index in [1.165, 1.54) is 22.3 Å². The molecule has 0 aliphatic heterocycles. The van der Waals surface area contributed by atoms with Crippen LogP contribution in [0.2, 0.25) is 0 Å². The molecule has 4 heteroatoms. The molecular formula is C38H34O4. The fourth-order valence-corrected chi connectivity index (χ4v) is 10.1. The van der Waals surface area contributed by atoms with Gasteiger partial charge in [0.05, 0.1) is 11.3 Å². The van der Waals surface area contributed by atoms with E-state index in [1.54, 1.807) is 0 Å². The van der Waals surface area contributed by atoms with Crippen molar-refractivity contribution < 1.29 is 19.1 Å². The predicted octanol–water partition coefficient (Wildman–Crippen LogP) is 7.92. The normalized spacial score (nSPS) is 33.2. The Balaban J connectivity index is 1.00. The van der Waals surface area contributed by atoms with E-state index < -0.39 is 11.0 Å². The maximum absolute atomic E-state index is 14.2. The van der Waals surface area contributed by atoms with Crippen molar-refractivity contribution >= 4 is 22.7 Å². The van der Waals surface area contributed by atoms with Crippen molar-refractivity contribution in [2.24, 2.45) is 23.2 Å². The van der Waals surface area contributed by atoms with Crippen LogP contribution in [0.5, 0.6) is 5.75 Å². The summed E-state index contributed by atoms with van der Waals surface area (Å²) in [6.45, 7) is 0. The maximum atomic E-state index is 14.2. The SMILES string of the molecule is O=C(OC12CC3CC(C1)CC(C(=O)Oc1ccc4ccccc4c1)(C3)C2)C1CC2c3ccccc3C1c1ccccc12. The fraction of sp³-hybridized carbons (Fsp3) is 0.368. The predicted molar refractivity (Wildman–Crippen MR) is 160 cm³/mol. The molecule has 0 amide bonds. The Morgan fingerprint density at radius 3 is 1.98 bits per heavy atom. The smallest absolute Gasteiger partial charge is 0.317 e. The zero-order valence-corrected chi connectivity index (χ0v) is 23.6. The second-order valence-electron chi connectivity index (χ2n) is 13.9. The number of fused-ring (bicyclic) bond motifs is 2. The molecule has 4 nitrogen and oxygen atoms in total. The monoisotopic (exact) mass is 554 g/mol. The molecule has 0 aromatic heterocycles. The van der Waals surface area contributed by atoms with Gasteiger partial charge in [-0.15, -0.1) is 0 Å². The van der Waals surface area contributed by atoms with E-state index in [1.807, 2.05) is 36.4 Å². The molecule has 7 aliphatic rings. The molecule has 4 aromatic rings. The van der Waals surface area contributed by atoms with Crippen LogP contribution < -0.4 is 4.74 Å². The quantitative estimate of drug-likeness (QED) is 0.190. The van der Waals surface area contributed by atoms with E-state index in [9.17, 15) is 9.59 Å². The first kappa shape index (κ1) is 24.7. The van der Waals surface area contributed by atoms with Crippen molar-refractivity contribution in [2.75, 3.05) is 0 Å². The van der Waals surface area contributed by atoms with Gasteiger partial charge in [-0.2, -0.15) is 0 Å². The van der Waals surface area contributed by atoms with E-state index in [0.717, 1.165) is 49.3 Å². The van der Waals surface area contributed by atoms with Gasteiger partial charge in [-0.05, 0) is 95.5 Å². The van der Waals surface area contributed by atoms with Gasteiger partial charge in [0, 0.05) is 18.3 Å². The highest BCUT2D eigenvalue weighted by molar-refractivity contribution is 5.86. The molecule has 0 radical (unpaired) electrons. The number of hydrogen-bond acceptors (Lipinski definition) is 4. The van der Waals surface area contributed by atoms with Crippen LogP contribution in [0.15, 0.2) is 91.0 Å². The van der Waals surface area contributed by atoms with Gasteiger partial charge >= 0.3 is 11.9 Å². The highest BCUT2D eigenvalue weighted by Gasteiger charge is 2.63. The average Bonchev–Trinajstić information content (AvgIpc) is 3.00. The molecule has 42 heavy (non-hydrogen) atoms. The highest BCUT2D eigenvalue weighted by Crippen LogP contribution is 2.64. The van der Waals surface area contributed by atoms with Crippen LogP contribution >= 0.6 is 0 Å². The van der Waals surface area contributed by atoms with Crippen LogP contribution in [0.1, 0.15) is 79.0 Å². The molecule has 3 atom stereocenters. The van der Waals surface area contributed by atoms with Crippen molar-refractivity contribution in [3.63, 3.8) is 0 Å². The maximum Gasteiger partial charge on any atom is 0.317 e. The Labute approximate surface area is 246 Å². The molecule has 4 aromatic carbocycles. The van der Waals surface area contributed by atoms with Gasteiger partial charge in [-0.25, -0.2) is 0 Å². The summed E-state index contributed by atoms with van der Waals surface area (Å²) in [5.41, 5.74) is 4.11. The topological polar surface area (TPSA) is 52.6 Å². The molecular weight excluding hydrogens is 520 g/mol. The van der Waals surface area contributed by atoms with Gasteiger partial charge in [0.1, 0.15) is 11.4 Å². The summed E-state index contributed by atoms with van der Waals surface area (Å²) in [6, 6.07) is 31.2. The fourth-order valence-electron chi connectivity index (χ4n) is 10.1. The van der Waals surface area contributed by atoms with Gasteiger partial charge in [-0.1, -0.05) is 78.9 Å². The average molecular weight is 555 g/mol. The van der Waals surface area contributed by atoms with E-state index in [4.69, 9.17) is 9.47 Å². The van der Waals surface area contributed by atoms with Gasteiger partial charge in [0.25, 0.3) is 0 Å². The second-order valence-corrected chi connectivity index (χ2v) is 13.9. The van der Waals surface area contributed by atoms with Crippen molar-refractivity contribution in [1.29, 1.82) is 0 Å². The summed E-state index contributed by atoms with van der Waals surface area (Å²) < 4.78 is 12.8. The van der Waals surface area contributed by atoms with Crippen molar-refractivity contribution in [3.8, 4) is 5.75 Å². The first-order valence-electron chi connectivity index (χ1n) is 15.6. The molecule has 210 valence electrons. The van der Waals surface area contributed by atoms with E-state index in [0.29, 0.717) is 24.0 Å². The first-order chi connectivity index (χ1) is 20.5. The molecule has 3 unspecified atom stereocenters. The minimum Gasteiger partial charge on any atom is -0.459 e.